The number of anilines is 1. The highest BCUT2D eigenvalue weighted by Crippen LogP contribution is 2.31. The van der Waals surface area contributed by atoms with Crippen molar-refractivity contribution in [1.82, 2.24) is 0 Å². The molecule has 3 aromatic rings. The number of hydrogen-bond donors (Lipinski definition) is 2. The average molecular weight is 301 g/mol. The highest BCUT2D eigenvalue weighted by atomic mass is 32.1. The van der Waals surface area contributed by atoms with Crippen LogP contribution in [0.3, 0.4) is 0 Å². The van der Waals surface area contributed by atoms with E-state index in [-0.39, 0.29) is 16.9 Å². The fraction of sp³-hybridized carbons (Fsp3) is 0.0667. The molecule has 0 spiro atoms. The van der Waals surface area contributed by atoms with E-state index in [0.717, 1.165) is 5.56 Å². The molecule has 1 aromatic carbocycles. The first-order valence-electron chi connectivity index (χ1n) is 6.17. The normalized spacial score (nSPS) is 10.7. The van der Waals surface area contributed by atoms with Gasteiger partial charge in [-0.05, 0) is 30.5 Å². The molecule has 0 fully saturated rings. The summed E-state index contributed by atoms with van der Waals surface area (Å²) in [4.78, 5) is 24.0. The average Bonchev–Trinajstić information content (AvgIpc) is 2.90. The van der Waals surface area contributed by atoms with Gasteiger partial charge in [-0.2, -0.15) is 0 Å². The molecule has 106 valence electrons. The molecule has 0 saturated heterocycles. The number of thiophene rings is 1. The van der Waals surface area contributed by atoms with Crippen LogP contribution in [0.15, 0.2) is 44.9 Å². The molecule has 0 atom stereocenters. The van der Waals surface area contributed by atoms with E-state index in [9.17, 15) is 14.7 Å². The molecular formula is C15H11NO4S. The molecule has 0 unspecified atom stereocenters. The van der Waals surface area contributed by atoms with Crippen LogP contribution in [0.1, 0.15) is 15.9 Å². The van der Waals surface area contributed by atoms with Crippen molar-refractivity contribution < 1.29 is 14.3 Å². The fourth-order valence-corrected chi connectivity index (χ4v) is 2.71. The van der Waals surface area contributed by atoms with Crippen molar-refractivity contribution in [3.63, 3.8) is 0 Å². The lowest BCUT2D eigenvalue weighted by Crippen LogP contribution is -2.20. The molecule has 0 aliphatic rings. The van der Waals surface area contributed by atoms with Crippen LogP contribution in [0, 0.1) is 6.92 Å². The smallest absolute Gasteiger partial charge is 0.353 e. The predicted molar refractivity (Wildman–Crippen MR) is 81.2 cm³/mol. The topological polar surface area (TPSA) is 79.5 Å². The van der Waals surface area contributed by atoms with E-state index in [0.29, 0.717) is 10.4 Å². The van der Waals surface area contributed by atoms with E-state index >= 15 is 0 Å². The second kappa shape index (κ2) is 5.06. The van der Waals surface area contributed by atoms with Gasteiger partial charge >= 0.3 is 5.63 Å². The second-order valence-electron chi connectivity index (χ2n) is 4.55. The second-order valence-corrected chi connectivity index (χ2v) is 5.46. The van der Waals surface area contributed by atoms with Crippen molar-refractivity contribution in [3.05, 3.63) is 57.3 Å². The number of rotatable bonds is 2. The molecule has 0 aliphatic carbocycles. The van der Waals surface area contributed by atoms with Crippen LogP contribution in [0.4, 0.5) is 5.69 Å². The number of benzene rings is 1. The summed E-state index contributed by atoms with van der Waals surface area (Å²) in [5.74, 6) is -1.04. The van der Waals surface area contributed by atoms with Crippen molar-refractivity contribution >= 4 is 33.2 Å². The van der Waals surface area contributed by atoms with Gasteiger partial charge in [0, 0.05) is 5.69 Å². The summed E-state index contributed by atoms with van der Waals surface area (Å²) in [6.45, 7) is 1.93. The Balaban J connectivity index is 2.01. The highest BCUT2D eigenvalue weighted by molar-refractivity contribution is 7.17. The summed E-state index contributed by atoms with van der Waals surface area (Å²) in [5, 5.41) is 14.3. The predicted octanol–water partition coefficient (Wildman–Crippen LogP) is 3.12. The lowest BCUT2D eigenvalue weighted by Gasteiger charge is -2.06. The first-order valence-corrected chi connectivity index (χ1v) is 7.05. The summed E-state index contributed by atoms with van der Waals surface area (Å²) < 4.78 is 5.40. The minimum Gasteiger partial charge on any atom is -0.505 e. The number of amides is 1. The van der Waals surface area contributed by atoms with Crippen LogP contribution >= 0.6 is 11.3 Å². The van der Waals surface area contributed by atoms with Crippen LogP contribution in [0.5, 0.6) is 5.75 Å². The summed E-state index contributed by atoms with van der Waals surface area (Å²) in [7, 11) is 0. The van der Waals surface area contributed by atoms with Gasteiger partial charge in [-0.15, -0.1) is 11.3 Å². The van der Waals surface area contributed by atoms with Crippen molar-refractivity contribution in [2.75, 3.05) is 5.32 Å². The number of carbonyl (C=O) groups excluding carboxylic acids is 1. The van der Waals surface area contributed by atoms with Crippen LogP contribution in [-0.2, 0) is 0 Å². The van der Waals surface area contributed by atoms with Gasteiger partial charge in [0.25, 0.3) is 5.91 Å². The Hall–Kier alpha value is -2.60. The zero-order valence-electron chi connectivity index (χ0n) is 11.0. The van der Waals surface area contributed by atoms with Gasteiger partial charge < -0.3 is 14.8 Å². The van der Waals surface area contributed by atoms with Gasteiger partial charge in [0.15, 0.2) is 16.9 Å². The fourth-order valence-electron chi connectivity index (χ4n) is 1.94. The summed E-state index contributed by atoms with van der Waals surface area (Å²) in [6, 6.07) is 8.68. The SMILES string of the molecule is Cc1ccc(NC(=O)c2c(O)c3sccc3oc2=O)cc1. The molecule has 0 radical (unpaired) electrons. The molecule has 0 saturated carbocycles. The number of aromatic hydroxyl groups is 1. The van der Waals surface area contributed by atoms with E-state index in [4.69, 9.17) is 4.42 Å². The molecular weight excluding hydrogens is 290 g/mol. The Morgan fingerprint density at radius 2 is 1.95 bits per heavy atom. The Morgan fingerprint density at radius 1 is 1.24 bits per heavy atom. The minimum atomic E-state index is -0.858. The molecule has 0 bridgehead atoms. The van der Waals surface area contributed by atoms with Gasteiger partial charge in [-0.3, -0.25) is 4.79 Å². The van der Waals surface area contributed by atoms with Gasteiger partial charge in [0.1, 0.15) is 4.70 Å². The highest BCUT2D eigenvalue weighted by Gasteiger charge is 2.21. The van der Waals surface area contributed by atoms with E-state index < -0.39 is 11.5 Å². The Bertz CT molecular complexity index is 877. The number of fused-ring (bicyclic) bond motifs is 1. The van der Waals surface area contributed by atoms with Crippen LogP contribution < -0.4 is 10.9 Å². The maximum Gasteiger partial charge on any atom is 0.353 e. The lowest BCUT2D eigenvalue weighted by atomic mass is 10.2. The van der Waals surface area contributed by atoms with Gasteiger partial charge in [-0.25, -0.2) is 4.79 Å². The van der Waals surface area contributed by atoms with Crippen molar-refractivity contribution in [1.29, 1.82) is 0 Å². The molecule has 2 N–H and O–H groups in total. The molecule has 0 aliphatic heterocycles. The van der Waals surface area contributed by atoms with Gasteiger partial charge in [0.2, 0.25) is 0 Å². The zero-order chi connectivity index (χ0) is 15.0. The maximum atomic E-state index is 12.2. The third kappa shape index (κ3) is 2.41. The number of hydrogen-bond acceptors (Lipinski definition) is 5. The monoisotopic (exact) mass is 301 g/mol. The van der Waals surface area contributed by atoms with Gasteiger partial charge in [0.05, 0.1) is 0 Å². The van der Waals surface area contributed by atoms with E-state index in [1.54, 1.807) is 23.6 Å². The Morgan fingerprint density at radius 3 is 2.67 bits per heavy atom. The van der Waals surface area contributed by atoms with Crippen LogP contribution in [0.25, 0.3) is 10.3 Å². The minimum absolute atomic E-state index is 0.273. The third-order valence-corrected chi connectivity index (χ3v) is 3.93. The van der Waals surface area contributed by atoms with Gasteiger partial charge in [-0.1, -0.05) is 17.7 Å². The molecule has 5 nitrogen and oxygen atoms in total. The largest absolute Gasteiger partial charge is 0.505 e. The van der Waals surface area contributed by atoms with Crippen LogP contribution in [0.2, 0.25) is 0 Å². The van der Waals surface area contributed by atoms with E-state index in [1.807, 2.05) is 19.1 Å². The standard InChI is InChI=1S/C15H11NO4S/c1-8-2-4-9(5-3-8)16-14(18)11-12(17)13-10(6-7-21-13)20-15(11)19/h2-7,17H,1H3,(H,16,18). The van der Waals surface area contributed by atoms with E-state index in [1.165, 1.54) is 11.3 Å². The summed E-state index contributed by atoms with van der Waals surface area (Å²) in [6.07, 6.45) is 0. The lowest BCUT2D eigenvalue weighted by molar-refractivity contribution is 0.102. The molecule has 1 amide bonds. The molecule has 3 rings (SSSR count). The number of carbonyl (C=O) groups is 1. The summed E-state index contributed by atoms with van der Waals surface area (Å²) >= 11 is 1.20. The molecule has 2 aromatic heterocycles. The maximum absolute atomic E-state index is 12.2. The molecule has 2 heterocycles. The van der Waals surface area contributed by atoms with Crippen LogP contribution in [-0.4, -0.2) is 11.0 Å². The Kier molecular flexibility index (Phi) is 3.23. The summed E-state index contributed by atoms with van der Waals surface area (Å²) in [5.41, 5.74) is 0.619. The number of aryl methyl sites for hydroxylation is 1. The zero-order valence-corrected chi connectivity index (χ0v) is 11.9. The first-order chi connectivity index (χ1) is 10.1. The first kappa shape index (κ1) is 13.4. The quantitative estimate of drug-likeness (QED) is 0.762. The number of nitrogens with one attached hydrogen (secondary N) is 1. The molecule has 6 heteroatoms. The Labute approximate surface area is 123 Å². The van der Waals surface area contributed by atoms with Crippen molar-refractivity contribution in [3.8, 4) is 5.75 Å². The third-order valence-electron chi connectivity index (χ3n) is 3.02. The van der Waals surface area contributed by atoms with Crippen molar-refractivity contribution in [2.45, 2.75) is 6.92 Å². The van der Waals surface area contributed by atoms with Crippen molar-refractivity contribution in [2.24, 2.45) is 0 Å². The molecule has 21 heavy (non-hydrogen) atoms. The van der Waals surface area contributed by atoms with E-state index in [2.05, 4.69) is 5.32 Å².